The van der Waals surface area contributed by atoms with Gasteiger partial charge >= 0.3 is 0 Å². The van der Waals surface area contributed by atoms with Crippen LogP contribution < -0.4 is 10.1 Å². The molecule has 0 unspecified atom stereocenters. The normalized spacial score (nSPS) is 11.1. The van der Waals surface area contributed by atoms with E-state index in [9.17, 15) is 4.79 Å². The lowest BCUT2D eigenvalue weighted by molar-refractivity contribution is -0.124. The van der Waals surface area contributed by atoms with Crippen molar-refractivity contribution in [1.29, 1.82) is 0 Å². The van der Waals surface area contributed by atoms with E-state index in [2.05, 4.69) is 16.0 Å². The number of hydrogen-bond donors (Lipinski definition) is 1. The van der Waals surface area contributed by atoms with Gasteiger partial charge in [-0.15, -0.1) is 0 Å². The van der Waals surface area contributed by atoms with Crippen molar-refractivity contribution in [3.63, 3.8) is 0 Å². The first-order valence-corrected chi connectivity index (χ1v) is 11.0. The fourth-order valence-corrected chi connectivity index (χ4v) is 3.64. The minimum atomic E-state index is -0.0693. The molecule has 6 nitrogen and oxygen atoms in total. The first-order chi connectivity index (χ1) is 15.1. The second-order valence-electron chi connectivity index (χ2n) is 7.52. The van der Waals surface area contributed by atoms with E-state index < -0.39 is 0 Å². The number of benzene rings is 2. The van der Waals surface area contributed by atoms with Crippen LogP contribution in [0, 0.1) is 6.92 Å². The standard InChI is InChI=1S/C24H30ClN3O3/c1-18-16-19(11-12-20(18)25)31-15-14-28-22-9-6-5-8-21(22)27-23(28)10-4-3-7-13-26-24(29)17-30-2/h5-6,8-9,11-12,16H,3-4,7,10,13-15,17H2,1-2H3,(H,26,29). The first kappa shape index (κ1) is 23.1. The summed E-state index contributed by atoms with van der Waals surface area (Å²) < 4.78 is 13.0. The molecule has 0 bridgehead atoms. The summed E-state index contributed by atoms with van der Waals surface area (Å²) >= 11 is 6.10. The molecule has 1 heterocycles. The van der Waals surface area contributed by atoms with Crippen molar-refractivity contribution in [3.05, 3.63) is 58.9 Å². The van der Waals surface area contributed by atoms with Crippen LogP contribution in [0.2, 0.25) is 5.02 Å². The van der Waals surface area contributed by atoms with E-state index in [1.807, 2.05) is 43.3 Å². The number of carbonyl (C=O) groups is 1. The Balaban J connectivity index is 1.54. The molecule has 2 aromatic carbocycles. The highest BCUT2D eigenvalue weighted by Crippen LogP contribution is 2.22. The number of carbonyl (C=O) groups excluding carboxylic acids is 1. The molecular weight excluding hydrogens is 414 g/mol. The zero-order valence-corrected chi connectivity index (χ0v) is 19.0. The molecule has 0 saturated heterocycles. The molecule has 0 aliphatic carbocycles. The second kappa shape index (κ2) is 11.7. The Bertz CT molecular complexity index is 1000. The molecule has 0 spiro atoms. The maximum absolute atomic E-state index is 11.4. The van der Waals surface area contributed by atoms with Gasteiger partial charge in [0.15, 0.2) is 0 Å². The SMILES string of the molecule is COCC(=O)NCCCCCc1nc2ccccc2n1CCOc1ccc(Cl)c(C)c1. The quantitative estimate of drug-likeness (QED) is 0.417. The zero-order chi connectivity index (χ0) is 22.1. The van der Waals surface area contributed by atoms with E-state index in [1.165, 1.54) is 7.11 Å². The van der Waals surface area contributed by atoms with Crippen molar-refractivity contribution in [2.75, 3.05) is 26.9 Å². The average molecular weight is 444 g/mol. The number of methoxy groups -OCH3 is 1. The van der Waals surface area contributed by atoms with Gasteiger partial charge in [-0.3, -0.25) is 4.79 Å². The van der Waals surface area contributed by atoms with E-state index in [4.69, 9.17) is 26.1 Å². The molecule has 166 valence electrons. The molecule has 0 radical (unpaired) electrons. The van der Waals surface area contributed by atoms with Crippen LogP contribution in [-0.4, -0.2) is 42.3 Å². The highest BCUT2D eigenvalue weighted by Gasteiger charge is 2.10. The lowest BCUT2D eigenvalue weighted by Crippen LogP contribution is -2.27. The highest BCUT2D eigenvalue weighted by molar-refractivity contribution is 6.31. The van der Waals surface area contributed by atoms with Crippen LogP contribution in [0.4, 0.5) is 0 Å². The lowest BCUT2D eigenvalue weighted by atomic mass is 10.2. The van der Waals surface area contributed by atoms with Gasteiger partial charge in [-0.25, -0.2) is 4.98 Å². The number of aryl methyl sites for hydroxylation is 2. The molecular formula is C24H30ClN3O3. The van der Waals surface area contributed by atoms with Gasteiger partial charge < -0.3 is 19.4 Å². The molecule has 1 aromatic heterocycles. The Hall–Kier alpha value is -2.57. The molecule has 1 amide bonds. The minimum absolute atomic E-state index is 0.0693. The number of halogens is 1. The van der Waals surface area contributed by atoms with E-state index >= 15 is 0 Å². The summed E-state index contributed by atoms with van der Waals surface area (Å²) in [7, 11) is 1.52. The fraction of sp³-hybridized carbons (Fsp3) is 0.417. The molecule has 0 aliphatic heterocycles. The van der Waals surface area contributed by atoms with Crippen molar-refractivity contribution in [1.82, 2.24) is 14.9 Å². The van der Waals surface area contributed by atoms with Crippen LogP contribution in [0.1, 0.15) is 30.7 Å². The molecule has 0 fully saturated rings. The molecule has 0 atom stereocenters. The number of imidazole rings is 1. The van der Waals surface area contributed by atoms with Crippen LogP contribution in [0.25, 0.3) is 11.0 Å². The third-order valence-corrected chi connectivity index (χ3v) is 5.55. The van der Waals surface area contributed by atoms with Crippen LogP contribution in [0.3, 0.4) is 0 Å². The molecule has 31 heavy (non-hydrogen) atoms. The van der Waals surface area contributed by atoms with Gasteiger partial charge in [-0.05, 0) is 55.7 Å². The van der Waals surface area contributed by atoms with Gasteiger partial charge in [0.05, 0.1) is 17.6 Å². The summed E-state index contributed by atoms with van der Waals surface area (Å²) in [5.74, 6) is 1.82. The molecule has 0 saturated carbocycles. The summed E-state index contributed by atoms with van der Waals surface area (Å²) in [6.07, 6.45) is 3.87. The number of fused-ring (bicyclic) bond motifs is 1. The smallest absolute Gasteiger partial charge is 0.245 e. The maximum atomic E-state index is 11.4. The number of hydrogen-bond acceptors (Lipinski definition) is 4. The van der Waals surface area contributed by atoms with Crippen molar-refractivity contribution >= 4 is 28.5 Å². The second-order valence-corrected chi connectivity index (χ2v) is 7.93. The Morgan fingerprint density at radius 1 is 1.16 bits per heavy atom. The Labute approximate surface area is 188 Å². The number of aromatic nitrogens is 2. The van der Waals surface area contributed by atoms with E-state index in [1.54, 1.807) is 0 Å². The Kier molecular flexibility index (Phi) is 8.74. The van der Waals surface area contributed by atoms with Crippen LogP contribution in [0.5, 0.6) is 5.75 Å². The number of rotatable bonds is 12. The Morgan fingerprint density at radius 2 is 2.00 bits per heavy atom. The van der Waals surface area contributed by atoms with Crippen LogP contribution >= 0.6 is 11.6 Å². The number of ether oxygens (including phenoxy) is 2. The van der Waals surface area contributed by atoms with Gasteiger partial charge in [0.2, 0.25) is 5.91 Å². The van der Waals surface area contributed by atoms with Crippen molar-refractivity contribution in [2.24, 2.45) is 0 Å². The van der Waals surface area contributed by atoms with Crippen LogP contribution in [0.15, 0.2) is 42.5 Å². The molecule has 3 rings (SSSR count). The summed E-state index contributed by atoms with van der Waals surface area (Å²) in [4.78, 5) is 16.2. The van der Waals surface area contributed by atoms with Crippen LogP contribution in [-0.2, 0) is 22.5 Å². The number of unbranched alkanes of at least 4 members (excludes halogenated alkanes) is 2. The summed E-state index contributed by atoms with van der Waals surface area (Å²) in [6.45, 7) is 4.04. The van der Waals surface area contributed by atoms with E-state index in [0.29, 0.717) is 13.2 Å². The predicted molar refractivity (Wildman–Crippen MR) is 124 cm³/mol. The number of amides is 1. The maximum Gasteiger partial charge on any atom is 0.245 e. The van der Waals surface area contributed by atoms with Gasteiger partial charge in [-0.1, -0.05) is 30.2 Å². The summed E-state index contributed by atoms with van der Waals surface area (Å²) in [5.41, 5.74) is 3.14. The van der Waals surface area contributed by atoms with Crippen molar-refractivity contribution in [3.8, 4) is 5.75 Å². The monoisotopic (exact) mass is 443 g/mol. The topological polar surface area (TPSA) is 65.4 Å². The Morgan fingerprint density at radius 3 is 2.81 bits per heavy atom. The highest BCUT2D eigenvalue weighted by atomic mass is 35.5. The van der Waals surface area contributed by atoms with E-state index in [0.717, 1.165) is 65.4 Å². The molecule has 7 heteroatoms. The third-order valence-electron chi connectivity index (χ3n) is 5.12. The van der Waals surface area contributed by atoms with Crippen molar-refractivity contribution < 1.29 is 14.3 Å². The van der Waals surface area contributed by atoms with E-state index in [-0.39, 0.29) is 12.5 Å². The molecule has 3 aromatic rings. The predicted octanol–water partition coefficient (Wildman–Crippen LogP) is 4.55. The van der Waals surface area contributed by atoms with Crippen molar-refractivity contribution in [2.45, 2.75) is 39.2 Å². The third kappa shape index (κ3) is 6.71. The molecule has 0 aliphatic rings. The number of nitrogens with one attached hydrogen (secondary N) is 1. The van der Waals surface area contributed by atoms with Gasteiger partial charge in [0.1, 0.15) is 24.8 Å². The summed E-state index contributed by atoms with van der Waals surface area (Å²) in [6, 6.07) is 13.9. The average Bonchev–Trinajstić information content (AvgIpc) is 3.11. The number of nitrogens with zero attached hydrogens (tertiary/aromatic N) is 2. The van der Waals surface area contributed by atoms with Gasteiger partial charge in [-0.2, -0.15) is 0 Å². The lowest BCUT2D eigenvalue weighted by Gasteiger charge is -2.12. The zero-order valence-electron chi connectivity index (χ0n) is 18.2. The largest absolute Gasteiger partial charge is 0.492 e. The summed E-state index contributed by atoms with van der Waals surface area (Å²) in [5, 5.41) is 3.60. The molecule has 1 N–H and O–H groups in total. The van der Waals surface area contributed by atoms with Gasteiger partial charge in [0, 0.05) is 25.1 Å². The minimum Gasteiger partial charge on any atom is -0.492 e. The number of para-hydroxylation sites is 2. The fourth-order valence-electron chi connectivity index (χ4n) is 3.52. The van der Waals surface area contributed by atoms with Gasteiger partial charge in [0.25, 0.3) is 0 Å². The first-order valence-electron chi connectivity index (χ1n) is 10.7.